The second kappa shape index (κ2) is 3.17. The van der Waals surface area contributed by atoms with Crippen LogP contribution < -0.4 is 5.73 Å². The highest BCUT2D eigenvalue weighted by Crippen LogP contribution is 2.07. The van der Waals surface area contributed by atoms with E-state index in [4.69, 9.17) is 12.2 Å². The first-order valence-corrected chi connectivity index (χ1v) is 3.28. The molecule has 0 fully saturated rings. The number of nitrogens with two attached hydrogens (primary N) is 1. The lowest BCUT2D eigenvalue weighted by molar-refractivity contribution is 0.648. The van der Waals surface area contributed by atoms with E-state index in [1.54, 1.807) is 10.9 Å². The summed E-state index contributed by atoms with van der Waals surface area (Å²) < 4.78 is 1.77. The Morgan fingerprint density at radius 1 is 1.91 bits per heavy atom. The molecule has 0 saturated carbocycles. The molecule has 4 nitrogen and oxygen atoms in total. The minimum absolute atomic E-state index is 0.201. The van der Waals surface area contributed by atoms with E-state index in [-0.39, 0.29) is 6.04 Å². The molecule has 0 aliphatic rings. The standard InChI is InChI=1S/C7H10N4/c1-3-4-6(8)7-10-9-5-11(7)2/h1,5-6H,4,8H2,2H3. The average Bonchev–Trinajstić information content (AvgIpc) is 2.36. The highest BCUT2D eigenvalue weighted by Gasteiger charge is 2.09. The summed E-state index contributed by atoms with van der Waals surface area (Å²) in [5, 5.41) is 7.52. The molecular weight excluding hydrogens is 140 g/mol. The van der Waals surface area contributed by atoms with Crippen LogP contribution in [0.4, 0.5) is 0 Å². The molecule has 0 aliphatic carbocycles. The molecule has 4 heteroatoms. The lowest BCUT2D eigenvalue weighted by Crippen LogP contribution is -2.14. The van der Waals surface area contributed by atoms with Gasteiger partial charge in [0.2, 0.25) is 0 Å². The van der Waals surface area contributed by atoms with Crippen LogP contribution in [-0.4, -0.2) is 14.8 Å². The van der Waals surface area contributed by atoms with E-state index in [0.29, 0.717) is 6.42 Å². The fourth-order valence-electron chi connectivity index (χ4n) is 0.846. The molecule has 0 bridgehead atoms. The summed E-state index contributed by atoms with van der Waals surface area (Å²) in [5.41, 5.74) is 5.68. The maximum atomic E-state index is 5.68. The minimum atomic E-state index is -0.201. The van der Waals surface area contributed by atoms with Gasteiger partial charge < -0.3 is 10.3 Å². The van der Waals surface area contributed by atoms with Crippen molar-refractivity contribution in [1.82, 2.24) is 14.8 Å². The van der Waals surface area contributed by atoms with E-state index >= 15 is 0 Å². The van der Waals surface area contributed by atoms with Crippen molar-refractivity contribution in [2.24, 2.45) is 12.8 Å². The second-order valence-electron chi connectivity index (χ2n) is 2.31. The number of aromatic nitrogens is 3. The summed E-state index contributed by atoms with van der Waals surface area (Å²) >= 11 is 0. The SMILES string of the molecule is C#CCC(N)c1nncn1C. The van der Waals surface area contributed by atoms with Gasteiger partial charge in [-0.2, -0.15) is 0 Å². The smallest absolute Gasteiger partial charge is 0.150 e. The van der Waals surface area contributed by atoms with E-state index in [1.807, 2.05) is 7.05 Å². The highest BCUT2D eigenvalue weighted by atomic mass is 15.3. The molecule has 11 heavy (non-hydrogen) atoms. The first-order valence-electron chi connectivity index (χ1n) is 3.28. The maximum Gasteiger partial charge on any atom is 0.150 e. The third kappa shape index (κ3) is 1.57. The Morgan fingerprint density at radius 3 is 3.09 bits per heavy atom. The summed E-state index contributed by atoms with van der Waals surface area (Å²) in [6, 6.07) is -0.201. The molecule has 1 heterocycles. The minimum Gasteiger partial charge on any atom is -0.321 e. The van der Waals surface area contributed by atoms with Gasteiger partial charge in [-0.05, 0) is 0 Å². The number of hydrogen-bond acceptors (Lipinski definition) is 3. The van der Waals surface area contributed by atoms with Crippen molar-refractivity contribution in [2.75, 3.05) is 0 Å². The Kier molecular flexibility index (Phi) is 2.24. The van der Waals surface area contributed by atoms with Crippen LogP contribution in [0.5, 0.6) is 0 Å². The predicted molar refractivity (Wildman–Crippen MR) is 41.4 cm³/mol. The Morgan fingerprint density at radius 2 is 2.64 bits per heavy atom. The normalized spacial score (nSPS) is 12.5. The summed E-state index contributed by atoms with van der Waals surface area (Å²) in [6.07, 6.45) is 7.19. The highest BCUT2D eigenvalue weighted by molar-refractivity contribution is 4.99. The number of aryl methyl sites for hydroxylation is 1. The van der Waals surface area contributed by atoms with Gasteiger partial charge in [0.05, 0.1) is 6.04 Å². The van der Waals surface area contributed by atoms with Gasteiger partial charge in [-0.25, -0.2) is 0 Å². The van der Waals surface area contributed by atoms with Crippen LogP contribution in [0, 0.1) is 12.3 Å². The fraction of sp³-hybridized carbons (Fsp3) is 0.429. The van der Waals surface area contributed by atoms with Gasteiger partial charge in [0.25, 0.3) is 0 Å². The topological polar surface area (TPSA) is 56.7 Å². The number of nitrogens with zero attached hydrogens (tertiary/aromatic N) is 3. The van der Waals surface area contributed by atoms with Crippen molar-refractivity contribution >= 4 is 0 Å². The lowest BCUT2D eigenvalue weighted by atomic mass is 10.2. The van der Waals surface area contributed by atoms with E-state index in [9.17, 15) is 0 Å². The van der Waals surface area contributed by atoms with Gasteiger partial charge in [-0.1, -0.05) is 0 Å². The zero-order valence-corrected chi connectivity index (χ0v) is 6.36. The molecule has 0 spiro atoms. The molecule has 0 aromatic carbocycles. The van der Waals surface area contributed by atoms with Crippen molar-refractivity contribution in [3.63, 3.8) is 0 Å². The molecular formula is C7H10N4. The molecule has 58 valence electrons. The molecule has 1 rings (SSSR count). The summed E-state index contributed by atoms with van der Waals surface area (Å²) in [5.74, 6) is 3.20. The van der Waals surface area contributed by atoms with Crippen LogP contribution in [0.2, 0.25) is 0 Å². The van der Waals surface area contributed by atoms with Gasteiger partial charge in [0.1, 0.15) is 12.2 Å². The quantitative estimate of drug-likeness (QED) is 0.596. The van der Waals surface area contributed by atoms with Gasteiger partial charge in [0.15, 0.2) is 0 Å². The number of hydrogen-bond donors (Lipinski definition) is 1. The third-order valence-electron chi connectivity index (χ3n) is 1.42. The van der Waals surface area contributed by atoms with E-state index in [0.717, 1.165) is 5.82 Å². The predicted octanol–water partition coefficient (Wildman–Crippen LogP) is -0.162. The van der Waals surface area contributed by atoms with Crippen LogP contribution in [0.3, 0.4) is 0 Å². The molecule has 1 aromatic heterocycles. The lowest BCUT2D eigenvalue weighted by Gasteiger charge is -2.05. The van der Waals surface area contributed by atoms with Gasteiger partial charge >= 0.3 is 0 Å². The Labute approximate surface area is 65.4 Å². The monoisotopic (exact) mass is 150 g/mol. The molecule has 0 aliphatic heterocycles. The van der Waals surface area contributed by atoms with Gasteiger partial charge in [-0.15, -0.1) is 22.5 Å². The third-order valence-corrected chi connectivity index (χ3v) is 1.42. The number of rotatable bonds is 2. The van der Waals surface area contributed by atoms with E-state index in [2.05, 4.69) is 16.1 Å². The molecule has 1 unspecified atom stereocenters. The van der Waals surface area contributed by atoms with Gasteiger partial charge in [-0.3, -0.25) is 0 Å². The molecule has 0 amide bonds. The second-order valence-corrected chi connectivity index (χ2v) is 2.31. The maximum absolute atomic E-state index is 5.68. The van der Waals surface area contributed by atoms with Crippen molar-refractivity contribution in [3.05, 3.63) is 12.2 Å². The Hall–Kier alpha value is -1.34. The zero-order chi connectivity index (χ0) is 8.27. The van der Waals surface area contributed by atoms with Gasteiger partial charge in [0, 0.05) is 13.5 Å². The van der Waals surface area contributed by atoms with Crippen LogP contribution in [0.15, 0.2) is 6.33 Å². The van der Waals surface area contributed by atoms with Crippen LogP contribution in [0.25, 0.3) is 0 Å². The van der Waals surface area contributed by atoms with Crippen LogP contribution in [-0.2, 0) is 7.05 Å². The summed E-state index contributed by atoms with van der Waals surface area (Å²) in [4.78, 5) is 0. The number of terminal acetylenes is 1. The summed E-state index contributed by atoms with van der Waals surface area (Å²) in [7, 11) is 1.84. The van der Waals surface area contributed by atoms with Crippen molar-refractivity contribution < 1.29 is 0 Å². The largest absolute Gasteiger partial charge is 0.321 e. The Balaban J connectivity index is 2.77. The van der Waals surface area contributed by atoms with Crippen LogP contribution >= 0.6 is 0 Å². The zero-order valence-electron chi connectivity index (χ0n) is 6.36. The fourth-order valence-corrected chi connectivity index (χ4v) is 0.846. The van der Waals surface area contributed by atoms with Crippen molar-refractivity contribution in [1.29, 1.82) is 0 Å². The molecule has 1 atom stereocenters. The molecule has 0 radical (unpaired) electrons. The van der Waals surface area contributed by atoms with Crippen molar-refractivity contribution in [2.45, 2.75) is 12.5 Å². The average molecular weight is 150 g/mol. The molecule has 2 N–H and O–H groups in total. The Bertz CT molecular complexity index is 270. The first-order chi connectivity index (χ1) is 5.25. The van der Waals surface area contributed by atoms with Crippen LogP contribution in [0.1, 0.15) is 18.3 Å². The van der Waals surface area contributed by atoms with E-state index < -0.39 is 0 Å². The summed E-state index contributed by atoms with van der Waals surface area (Å²) in [6.45, 7) is 0. The first kappa shape index (κ1) is 7.76. The van der Waals surface area contributed by atoms with E-state index in [1.165, 1.54) is 0 Å². The molecule has 1 aromatic rings. The van der Waals surface area contributed by atoms with Crippen molar-refractivity contribution in [3.8, 4) is 12.3 Å². The molecule has 0 saturated heterocycles.